The van der Waals surface area contributed by atoms with Crippen LogP contribution in [0.1, 0.15) is 16.8 Å². The molecule has 0 aliphatic carbocycles. The highest BCUT2D eigenvalue weighted by atomic mass is 16.5. The monoisotopic (exact) mass is 358 g/mol. The summed E-state index contributed by atoms with van der Waals surface area (Å²) in [7, 11) is 4.45. The Bertz CT molecular complexity index is 776. The summed E-state index contributed by atoms with van der Waals surface area (Å²) in [6.45, 7) is 0.442. The standard InChI is InChI=1S/C19H22N2O5/c1-24-16-8-7-14(12-17(16)25-2)20-10-9-18(22)21-15-6-4-5-13(11-15)19(23)26-3/h4-8,11-12,20H,9-10H2,1-3H3,(H,21,22). The van der Waals surface area contributed by atoms with Crippen molar-refractivity contribution in [2.75, 3.05) is 38.5 Å². The van der Waals surface area contributed by atoms with E-state index in [1.165, 1.54) is 7.11 Å². The zero-order chi connectivity index (χ0) is 18.9. The fraction of sp³-hybridized carbons (Fsp3) is 0.263. The average molecular weight is 358 g/mol. The molecule has 7 heteroatoms. The summed E-state index contributed by atoms with van der Waals surface area (Å²) in [6, 6.07) is 12.0. The summed E-state index contributed by atoms with van der Waals surface area (Å²) in [5.74, 6) is 0.638. The van der Waals surface area contributed by atoms with Crippen molar-refractivity contribution in [3.63, 3.8) is 0 Å². The topological polar surface area (TPSA) is 85.9 Å². The number of methoxy groups -OCH3 is 3. The normalized spacial score (nSPS) is 9.96. The SMILES string of the molecule is COC(=O)c1cccc(NC(=O)CCNc2ccc(OC)c(OC)c2)c1. The van der Waals surface area contributed by atoms with Gasteiger partial charge in [0, 0.05) is 30.4 Å². The Kier molecular flexibility index (Phi) is 6.84. The van der Waals surface area contributed by atoms with Gasteiger partial charge in [-0.05, 0) is 30.3 Å². The predicted molar refractivity (Wildman–Crippen MR) is 99.1 cm³/mol. The number of hydrogen-bond donors (Lipinski definition) is 2. The van der Waals surface area contributed by atoms with E-state index in [4.69, 9.17) is 9.47 Å². The van der Waals surface area contributed by atoms with Crippen molar-refractivity contribution >= 4 is 23.3 Å². The molecular weight excluding hydrogens is 336 g/mol. The molecule has 0 heterocycles. The van der Waals surface area contributed by atoms with Gasteiger partial charge in [0.2, 0.25) is 5.91 Å². The third-order valence-corrected chi connectivity index (χ3v) is 3.63. The zero-order valence-electron chi connectivity index (χ0n) is 15.0. The summed E-state index contributed by atoms with van der Waals surface area (Å²) in [4.78, 5) is 23.6. The highest BCUT2D eigenvalue weighted by molar-refractivity contribution is 5.94. The van der Waals surface area contributed by atoms with E-state index in [0.717, 1.165) is 5.69 Å². The van der Waals surface area contributed by atoms with Gasteiger partial charge in [-0.15, -0.1) is 0 Å². The summed E-state index contributed by atoms with van der Waals surface area (Å²) < 4.78 is 15.1. The third kappa shape index (κ3) is 5.14. The van der Waals surface area contributed by atoms with Crippen LogP contribution in [0, 0.1) is 0 Å². The summed E-state index contributed by atoms with van der Waals surface area (Å²) in [6.07, 6.45) is 0.261. The first-order valence-corrected chi connectivity index (χ1v) is 8.01. The smallest absolute Gasteiger partial charge is 0.337 e. The second-order valence-electron chi connectivity index (χ2n) is 5.37. The summed E-state index contributed by atoms with van der Waals surface area (Å²) in [5, 5.41) is 5.91. The Morgan fingerprint density at radius 2 is 1.69 bits per heavy atom. The average Bonchev–Trinajstić information content (AvgIpc) is 2.67. The molecule has 0 saturated heterocycles. The van der Waals surface area contributed by atoms with E-state index in [0.29, 0.717) is 29.3 Å². The quantitative estimate of drug-likeness (QED) is 0.706. The lowest BCUT2D eigenvalue weighted by atomic mass is 10.2. The van der Waals surface area contributed by atoms with Crippen LogP contribution in [0.15, 0.2) is 42.5 Å². The lowest BCUT2D eigenvalue weighted by Crippen LogP contribution is -2.16. The van der Waals surface area contributed by atoms with Crippen LogP contribution >= 0.6 is 0 Å². The molecule has 0 unspecified atom stereocenters. The molecule has 1 amide bonds. The van der Waals surface area contributed by atoms with Crippen molar-refractivity contribution in [3.05, 3.63) is 48.0 Å². The molecular formula is C19H22N2O5. The van der Waals surface area contributed by atoms with E-state index < -0.39 is 5.97 Å². The van der Waals surface area contributed by atoms with Crippen molar-refractivity contribution in [1.29, 1.82) is 0 Å². The summed E-state index contributed by atoms with van der Waals surface area (Å²) in [5.41, 5.74) is 1.75. The molecule has 0 aliphatic rings. The van der Waals surface area contributed by atoms with Crippen molar-refractivity contribution in [2.24, 2.45) is 0 Å². The lowest BCUT2D eigenvalue weighted by molar-refractivity contribution is -0.115. The van der Waals surface area contributed by atoms with Crippen molar-refractivity contribution in [3.8, 4) is 11.5 Å². The minimum atomic E-state index is -0.448. The molecule has 0 aromatic heterocycles. The van der Waals surface area contributed by atoms with Crippen LogP contribution in [-0.2, 0) is 9.53 Å². The second-order valence-corrected chi connectivity index (χ2v) is 5.37. The molecule has 7 nitrogen and oxygen atoms in total. The van der Waals surface area contributed by atoms with Gasteiger partial charge in [0.05, 0.1) is 26.9 Å². The van der Waals surface area contributed by atoms with Crippen LogP contribution in [0.4, 0.5) is 11.4 Å². The molecule has 0 radical (unpaired) electrons. The number of anilines is 2. The maximum atomic E-state index is 12.1. The van der Waals surface area contributed by atoms with E-state index in [-0.39, 0.29) is 12.3 Å². The van der Waals surface area contributed by atoms with Crippen LogP contribution < -0.4 is 20.1 Å². The number of ether oxygens (including phenoxy) is 3. The van der Waals surface area contributed by atoms with Gasteiger partial charge in [0.15, 0.2) is 11.5 Å². The fourth-order valence-electron chi connectivity index (χ4n) is 2.33. The number of benzene rings is 2. The Labute approximate surface area is 152 Å². The van der Waals surface area contributed by atoms with Crippen molar-refractivity contribution in [2.45, 2.75) is 6.42 Å². The van der Waals surface area contributed by atoms with E-state index >= 15 is 0 Å². The van der Waals surface area contributed by atoms with Gasteiger partial charge in [0.25, 0.3) is 0 Å². The molecule has 0 aliphatic heterocycles. The van der Waals surface area contributed by atoms with Gasteiger partial charge >= 0.3 is 5.97 Å². The molecule has 2 rings (SSSR count). The molecule has 2 aromatic carbocycles. The van der Waals surface area contributed by atoms with Crippen molar-refractivity contribution < 1.29 is 23.8 Å². The Hall–Kier alpha value is -3.22. The Balaban J connectivity index is 1.87. The van der Waals surface area contributed by atoms with Gasteiger partial charge in [-0.3, -0.25) is 4.79 Å². The highest BCUT2D eigenvalue weighted by Gasteiger charge is 2.08. The van der Waals surface area contributed by atoms with Gasteiger partial charge < -0.3 is 24.8 Å². The van der Waals surface area contributed by atoms with Crippen LogP contribution in [0.3, 0.4) is 0 Å². The minimum Gasteiger partial charge on any atom is -0.493 e. The van der Waals surface area contributed by atoms with E-state index in [9.17, 15) is 9.59 Å². The largest absolute Gasteiger partial charge is 0.493 e. The number of hydrogen-bond acceptors (Lipinski definition) is 6. The lowest BCUT2D eigenvalue weighted by Gasteiger charge is -2.11. The van der Waals surface area contributed by atoms with Gasteiger partial charge in [-0.25, -0.2) is 4.79 Å². The number of carbonyl (C=O) groups is 2. The van der Waals surface area contributed by atoms with Crippen LogP contribution in [0.2, 0.25) is 0 Å². The first kappa shape index (κ1) is 19.1. The number of carbonyl (C=O) groups excluding carboxylic acids is 2. The third-order valence-electron chi connectivity index (χ3n) is 3.63. The number of esters is 1. The molecule has 0 bridgehead atoms. The van der Waals surface area contributed by atoms with E-state index in [1.54, 1.807) is 50.6 Å². The molecule has 138 valence electrons. The molecule has 0 atom stereocenters. The van der Waals surface area contributed by atoms with Gasteiger partial charge in [-0.2, -0.15) is 0 Å². The molecule has 2 aromatic rings. The predicted octanol–water partition coefficient (Wildman–Crippen LogP) is 2.93. The first-order valence-electron chi connectivity index (χ1n) is 8.01. The van der Waals surface area contributed by atoms with Gasteiger partial charge in [-0.1, -0.05) is 6.07 Å². The van der Waals surface area contributed by atoms with Gasteiger partial charge in [0.1, 0.15) is 0 Å². The van der Waals surface area contributed by atoms with Crippen LogP contribution in [0.25, 0.3) is 0 Å². The summed E-state index contributed by atoms with van der Waals surface area (Å²) >= 11 is 0. The first-order chi connectivity index (χ1) is 12.6. The second kappa shape index (κ2) is 9.31. The van der Waals surface area contributed by atoms with E-state index in [1.807, 2.05) is 6.07 Å². The highest BCUT2D eigenvalue weighted by Crippen LogP contribution is 2.29. The Morgan fingerprint density at radius 3 is 2.38 bits per heavy atom. The maximum Gasteiger partial charge on any atom is 0.337 e. The molecule has 2 N–H and O–H groups in total. The van der Waals surface area contributed by atoms with Crippen molar-refractivity contribution in [1.82, 2.24) is 0 Å². The number of amides is 1. The van der Waals surface area contributed by atoms with Crippen LogP contribution in [-0.4, -0.2) is 39.8 Å². The minimum absolute atomic E-state index is 0.167. The number of rotatable bonds is 8. The molecule has 26 heavy (non-hydrogen) atoms. The number of nitrogens with one attached hydrogen (secondary N) is 2. The molecule has 0 fully saturated rings. The van der Waals surface area contributed by atoms with E-state index in [2.05, 4.69) is 15.4 Å². The van der Waals surface area contributed by atoms with Crippen LogP contribution in [0.5, 0.6) is 11.5 Å². The Morgan fingerprint density at radius 1 is 0.923 bits per heavy atom. The maximum absolute atomic E-state index is 12.1. The molecule has 0 saturated carbocycles. The zero-order valence-corrected chi connectivity index (χ0v) is 15.0. The molecule has 0 spiro atoms. The fourth-order valence-corrected chi connectivity index (χ4v) is 2.33.